The summed E-state index contributed by atoms with van der Waals surface area (Å²) in [5, 5.41) is 9.41. The van der Waals surface area contributed by atoms with Gasteiger partial charge in [-0.15, -0.1) is 0 Å². The van der Waals surface area contributed by atoms with Gasteiger partial charge >= 0.3 is 18.1 Å². The van der Waals surface area contributed by atoms with Crippen LogP contribution in [0.15, 0.2) is 66.9 Å². The number of benzene rings is 2. The van der Waals surface area contributed by atoms with Gasteiger partial charge in [0.2, 0.25) is 0 Å². The topological polar surface area (TPSA) is 115 Å². The lowest BCUT2D eigenvalue weighted by molar-refractivity contribution is -0.137. The Hall–Kier alpha value is -4.07. The van der Waals surface area contributed by atoms with Crippen LogP contribution >= 0.6 is 0 Å². The van der Waals surface area contributed by atoms with Crippen molar-refractivity contribution in [1.82, 2.24) is 4.98 Å². The van der Waals surface area contributed by atoms with Crippen LogP contribution in [0.2, 0.25) is 0 Å². The predicted octanol–water partition coefficient (Wildman–Crippen LogP) is 5.49. The minimum absolute atomic E-state index is 0.130. The maximum Gasteiger partial charge on any atom is 0.514 e. The van der Waals surface area contributed by atoms with Crippen LogP contribution in [0.4, 0.5) is 4.79 Å². The Bertz CT molecular complexity index is 1140. The van der Waals surface area contributed by atoms with E-state index < -0.39 is 29.6 Å². The van der Waals surface area contributed by atoms with Crippen molar-refractivity contribution in [3.05, 3.63) is 89.2 Å². The Kier molecular flexibility index (Phi) is 8.30. The second-order valence-corrected chi connectivity index (χ2v) is 9.11. The van der Waals surface area contributed by atoms with Crippen molar-refractivity contribution >= 4 is 18.1 Å². The maximum absolute atomic E-state index is 12.4. The first-order valence-corrected chi connectivity index (χ1v) is 11.2. The molecule has 1 aromatic heterocycles. The Morgan fingerprint density at radius 1 is 0.971 bits per heavy atom. The number of carboxylic acid groups (broad SMARTS) is 1. The maximum atomic E-state index is 12.4. The summed E-state index contributed by atoms with van der Waals surface area (Å²) in [6.45, 7) is 5.38. The molecule has 2 N–H and O–H groups in total. The summed E-state index contributed by atoms with van der Waals surface area (Å²) < 4.78 is 15.7. The number of hydrogen-bond donors (Lipinski definition) is 2. The number of ether oxygens (including phenoxy) is 3. The van der Waals surface area contributed by atoms with Gasteiger partial charge in [0.05, 0.1) is 12.0 Å². The normalized spacial score (nSPS) is 12.0. The Labute approximate surface area is 203 Å². The van der Waals surface area contributed by atoms with Crippen molar-refractivity contribution in [2.45, 2.75) is 51.7 Å². The van der Waals surface area contributed by atoms with Crippen LogP contribution in [0.25, 0.3) is 0 Å². The molecule has 0 radical (unpaired) electrons. The molecular weight excluding hydrogens is 450 g/mol. The molecule has 3 rings (SSSR count). The number of carbonyl (C=O) groups excluding carboxylic acids is 2. The quantitative estimate of drug-likeness (QED) is 0.308. The van der Waals surface area contributed by atoms with E-state index in [1.807, 2.05) is 30.3 Å². The summed E-state index contributed by atoms with van der Waals surface area (Å²) in [5.41, 5.74) is 2.00. The van der Waals surface area contributed by atoms with Gasteiger partial charge in [-0.1, -0.05) is 42.5 Å². The Morgan fingerprint density at radius 3 is 2.29 bits per heavy atom. The Morgan fingerprint density at radius 2 is 1.66 bits per heavy atom. The molecule has 184 valence electrons. The van der Waals surface area contributed by atoms with E-state index in [1.54, 1.807) is 51.1 Å². The lowest BCUT2D eigenvalue weighted by Gasteiger charge is -2.18. The third kappa shape index (κ3) is 8.33. The van der Waals surface area contributed by atoms with E-state index in [0.717, 1.165) is 11.1 Å². The van der Waals surface area contributed by atoms with Gasteiger partial charge < -0.3 is 24.3 Å². The summed E-state index contributed by atoms with van der Waals surface area (Å²) in [5.74, 6) is -1.53. The number of esters is 1. The van der Waals surface area contributed by atoms with Crippen molar-refractivity contribution in [2.75, 3.05) is 0 Å². The summed E-state index contributed by atoms with van der Waals surface area (Å²) in [6.07, 6.45) is 0.995. The molecule has 0 aliphatic heterocycles. The Balaban J connectivity index is 1.64. The lowest BCUT2D eigenvalue weighted by atomic mass is 9.93. The highest BCUT2D eigenvalue weighted by Crippen LogP contribution is 2.26. The number of carboxylic acids is 1. The lowest BCUT2D eigenvalue weighted by Crippen LogP contribution is -2.25. The molecule has 0 saturated carbocycles. The molecule has 0 bridgehead atoms. The molecule has 0 aliphatic carbocycles. The fraction of sp³-hybridized carbons (Fsp3) is 0.296. The van der Waals surface area contributed by atoms with Crippen LogP contribution in [0.5, 0.6) is 5.75 Å². The smallest absolute Gasteiger partial charge is 0.481 e. The van der Waals surface area contributed by atoms with Crippen molar-refractivity contribution < 1.29 is 33.7 Å². The highest BCUT2D eigenvalue weighted by atomic mass is 16.7. The first-order chi connectivity index (χ1) is 16.6. The molecule has 2 aromatic carbocycles. The molecule has 1 heterocycles. The van der Waals surface area contributed by atoms with E-state index in [4.69, 9.17) is 14.2 Å². The largest absolute Gasteiger partial charge is 0.514 e. The van der Waals surface area contributed by atoms with E-state index >= 15 is 0 Å². The number of carbonyl (C=O) groups is 3. The molecular formula is C27H29NO7. The summed E-state index contributed by atoms with van der Waals surface area (Å²) in [7, 11) is 0. The molecule has 8 nitrogen and oxygen atoms in total. The highest BCUT2D eigenvalue weighted by Gasteiger charge is 2.21. The van der Waals surface area contributed by atoms with E-state index in [1.165, 1.54) is 6.20 Å². The van der Waals surface area contributed by atoms with Gasteiger partial charge in [0.1, 0.15) is 18.0 Å². The molecule has 1 unspecified atom stereocenters. The third-order valence-electron chi connectivity index (χ3n) is 5.01. The minimum Gasteiger partial charge on any atom is -0.481 e. The van der Waals surface area contributed by atoms with Gasteiger partial charge in [-0.2, -0.15) is 0 Å². The monoisotopic (exact) mass is 479 g/mol. The van der Waals surface area contributed by atoms with Gasteiger partial charge in [0, 0.05) is 17.8 Å². The standard InChI is InChI=1S/C27H29NO7/c1-27(2,3)35-26(32)34-22-11-9-18(10-12-22)13-20(15-24(29)30)23-14-21(16-28-23)25(31)33-17-19-7-5-4-6-8-19/h4-12,14,16,20,28H,13,15,17H2,1-3H3,(H,29,30). The van der Waals surface area contributed by atoms with Crippen LogP contribution < -0.4 is 4.74 Å². The first kappa shape index (κ1) is 25.6. The van der Waals surface area contributed by atoms with Crippen molar-refractivity contribution in [3.63, 3.8) is 0 Å². The van der Waals surface area contributed by atoms with E-state index in [2.05, 4.69) is 4.98 Å². The number of rotatable bonds is 9. The summed E-state index contributed by atoms with van der Waals surface area (Å²) in [4.78, 5) is 38.8. The second kappa shape index (κ2) is 11.4. The summed E-state index contributed by atoms with van der Waals surface area (Å²) >= 11 is 0. The van der Waals surface area contributed by atoms with Gasteiger partial charge in [0.15, 0.2) is 0 Å². The number of aliphatic carboxylic acids is 1. The fourth-order valence-corrected chi connectivity index (χ4v) is 3.42. The molecule has 0 spiro atoms. The predicted molar refractivity (Wildman–Crippen MR) is 128 cm³/mol. The average Bonchev–Trinajstić information content (AvgIpc) is 3.28. The number of nitrogens with one attached hydrogen (secondary N) is 1. The highest BCUT2D eigenvalue weighted by molar-refractivity contribution is 5.89. The number of aromatic nitrogens is 1. The molecule has 0 fully saturated rings. The van der Waals surface area contributed by atoms with Crippen LogP contribution in [-0.2, 0) is 27.3 Å². The zero-order valence-corrected chi connectivity index (χ0v) is 19.9. The van der Waals surface area contributed by atoms with Gasteiger partial charge in [-0.3, -0.25) is 4.79 Å². The molecule has 0 saturated heterocycles. The number of aromatic amines is 1. The SMILES string of the molecule is CC(C)(C)OC(=O)Oc1ccc(CC(CC(=O)O)c2cc(C(=O)OCc3ccccc3)c[nH]2)cc1. The van der Waals surface area contributed by atoms with Crippen molar-refractivity contribution in [2.24, 2.45) is 0 Å². The number of hydrogen-bond acceptors (Lipinski definition) is 6. The molecule has 8 heteroatoms. The van der Waals surface area contributed by atoms with Crippen molar-refractivity contribution in [3.8, 4) is 5.75 Å². The average molecular weight is 480 g/mol. The molecule has 3 aromatic rings. The first-order valence-electron chi connectivity index (χ1n) is 11.2. The van der Waals surface area contributed by atoms with Crippen molar-refractivity contribution in [1.29, 1.82) is 0 Å². The van der Waals surface area contributed by atoms with Crippen LogP contribution in [0.1, 0.15) is 60.3 Å². The van der Waals surface area contributed by atoms with E-state index in [9.17, 15) is 19.5 Å². The fourth-order valence-electron chi connectivity index (χ4n) is 3.42. The second-order valence-electron chi connectivity index (χ2n) is 9.11. The zero-order chi connectivity index (χ0) is 25.4. The van der Waals surface area contributed by atoms with Crippen LogP contribution in [0, 0.1) is 0 Å². The van der Waals surface area contributed by atoms with Gasteiger partial charge in [-0.25, -0.2) is 9.59 Å². The molecule has 35 heavy (non-hydrogen) atoms. The van der Waals surface area contributed by atoms with Crippen LogP contribution in [-0.4, -0.2) is 33.8 Å². The number of H-pyrrole nitrogens is 1. The van der Waals surface area contributed by atoms with Crippen LogP contribution in [0.3, 0.4) is 0 Å². The molecule has 0 amide bonds. The zero-order valence-electron chi connectivity index (χ0n) is 19.9. The molecule has 0 aliphatic rings. The van der Waals surface area contributed by atoms with E-state index in [0.29, 0.717) is 23.4 Å². The molecule has 1 atom stereocenters. The van der Waals surface area contributed by atoms with Gasteiger partial charge in [-0.05, 0) is 56.5 Å². The van der Waals surface area contributed by atoms with Gasteiger partial charge in [0.25, 0.3) is 0 Å². The third-order valence-corrected chi connectivity index (χ3v) is 5.01. The minimum atomic E-state index is -0.956. The van der Waals surface area contributed by atoms with E-state index in [-0.39, 0.29) is 13.0 Å². The summed E-state index contributed by atoms with van der Waals surface area (Å²) in [6, 6.07) is 17.7.